The smallest absolute Gasteiger partial charge is 0.253 e. The monoisotopic (exact) mass is 327 g/mol. The average Bonchev–Trinajstić information content (AvgIpc) is 2.50. The third kappa shape index (κ3) is 3.79. The van der Waals surface area contributed by atoms with Gasteiger partial charge in [-0.1, -0.05) is 29.8 Å². The zero-order valence-corrected chi connectivity index (χ0v) is 13.0. The molecule has 0 saturated carbocycles. The molecule has 1 aromatic heterocycles. The number of anilines is 1. The molecule has 0 radical (unpaired) electrons. The molecule has 1 atom stereocenters. The van der Waals surface area contributed by atoms with Gasteiger partial charge < -0.3 is 10.2 Å². The number of likely N-dealkylation sites (N-methyl/N-ethyl adjacent to an activating group) is 1. The molecule has 124 valence electrons. The molecule has 0 saturated heterocycles. The number of rotatable bonds is 5. The zero-order valence-electron chi connectivity index (χ0n) is 13.0. The summed E-state index contributed by atoms with van der Waals surface area (Å²) in [5, 5.41) is 2.45. The highest BCUT2D eigenvalue weighted by Gasteiger charge is 2.22. The summed E-state index contributed by atoms with van der Waals surface area (Å²) in [5.74, 6) is -6.43. The number of nitrogens with zero attached hydrogens (tertiary/aromatic N) is 2. The van der Waals surface area contributed by atoms with E-state index < -0.39 is 29.2 Å². The summed E-state index contributed by atoms with van der Waals surface area (Å²) < 4.78 is 53.5. The lowest BCUT2D eigenvalue weighted by Gasteiger charge is -2.26. The summed E-state index contributed by atoms with van der Waals surface area (Å²) in [5.41, 5.74) is 1.13. The van der Waals surface area contributed by atoms with Crippen molar-refractivity contribution in [3.63, 3.8) is 0 Å². The van der Waals surface area contributed by atoms with Gasteiger partial charge >= 0.3 is 0 Å². The summed E-state index contributed by atoms with van der Waals surface area (Å²) in [6.07, 6.45) is 0. The Bertz CT molecular complexity index is 660. The highest BCUT2D eigenvalue weighted by Crippen LogP contribution is 2.25. The van der Waals surface area contributed by atoms with Gasteiger partial charge in [0.15, 0.2) is 0 Å². The molecule has 1 N–H and O–H groups in total. The van der Waals surface area contributed by atoms with Crippen LogP contribution in [0.5, 0.6) is 0 Å². The molecule has 0 aliphatic heterocycles. The predicted octanol–water partition coefficient (Wildman–Crippen LogP) is 3.66. The Kier molecular flexibility index (Phi) is 5.20. The van der Waals surface area contributed by atoms with Gasteiger partial charge in [0, 0.05) is 6.54 Å². The van der Waals surface area contributed by atoms with E-state index in [4.69, 9.17) is 0 Å². The fraction of sp³-hybridized carbons (Fsp3) is 0.312. The molecule has 2 rings (SSSR count). The summed E-state index contributed by atoms with van der Waals surface area (Å²) in [6.45, 7) is 2.01. The van der Waals surface area contributed by atoms with E-state index in [1.165, 1.54) is 0 Å². The van der Waals surface area contributed by atoms with Gasteiger partial charge in [-0.25, -0.2) is 0 Å². The van der Waals surface area contributed by atoms with Crippen molar-refractivity contribution in [2.24, 2.45) is 0 Å². The van der Waals surface area contributed by atoms with E-state index >= 15 is 0 Å². The first-order chi connectivity index (χ1) is 10.8. The number of aryl methyl sites for hydroxylation is 1. The average molecular weight is 327 g/mol. The van der Waals surface area contributed by atoms with E-state index in [1.54, 1.807) is 14.1 Å². The minimum Gasteiger partial charge on any atom is -0.378 e. The van der Waals surface area contributed by atoms with Crippen LogP contribution in [0.4, 0.5) is 23.2 Å². The first-order valence-electron chi connectivity index (χ1n) is 6.98. The van der Waals surface area contributed by atoms with E-state index in [9.17, 15) is 17.6 Å². The zero-order chi connectivity index (χ0) is 17.1. The standard InChI is InChI=1S/C16H17F4N3/c1-9-4-6-10(7-5-9)11(23(2)3)8-21-14-12(17)15(19)22-16(20)13(14)18/h4-7,11H,8H2,1-3H3,(H,21,22). The molecule has 3 nitrogen and oxygen atoms in total. The van der Waals surface area contributed by atoms with E-state index in [1.807, 2.05) is 36.1 Å². The van der Waals surface area contributed by atoms with Crippen molar-refractivity contribution in [2.75, 3.05) is 26.0 Å². The van der Waals surface area contributed by atoms with Crippen molar-refractivity contribution in [1.82, 2.24) is 9.88 Å². The number of aromatic nitrogens is 1. The first-order valence-corrected chi connectivity index (χ1v) is 6.98. The minimum atomic E-state index is -1.68. The molecule has 1 heterocycles. The van der Waals surface area contributed by atoms with Gasteiger partial charge in [0.2, 0.25) is 11.6 Å². The van der Waals surface area contributed by atoms with E-state index in [0.29, 0.717) is 0 Å². The molecule has 0 aliphatic rings. The molecule has 1 aromatic carbocycles. The van der Waals surface area contributed by atoms with Crippen LogP contribution in [-0.4, -0.2) is 30.5 Å². The highest BCUT2D eigenvalue weighted by atomic mass is 19.2. The Morgan fingerprint density at radius 1 is 1.00 bits per heavy atom. The van der Waals surface area contributed by atoms with Crippen molar-refractivity contribution in [3.05, 3.63) is 58.9 Å². The van der Waals surface area contributed by atoms with Crippen molar-refractivity contribution in [3.8, 4) is 0 Å². The third-order valence-electron chi connectivity index (χ3n) is 3.56. The molecule has 0 amide bonds. The third-order valence-corrected chi connectivity index (χ3v) is 3.56. The molecule has 0 bridgehead atoms. The molecule has 0 spiro atoms. The van der Waals surface area contributed by atoms with Crippen LogP contribution in [0.3, 0.4) is 0 Å². The van der Waals surface area contributed by atoms with Crippen LogP contribution in [-0.2, 0) is 0 Å². The lowest BCUT2D eigenvalue weighted by atomic mass is 10.0. The van der Waals surface area contributed by atoms with Crippen LogP contribution in [0, 0.1) is 30.5 Å². The number of nitrogens with one attached hydrogen (secondary N) is 1. The highest BCUT2D eigenvalue weighted by molar-refractivity contribution is 5.45. The topological polar surface area (TPSA) is 28.2 Å². The molecule has 7 heteroatoms. The number of benzene rings is 1. The van der Waals surface area contributed by atoms with Crippen molar-refractivity contribution < 1.29 is 17.6 Å². The predicted molar refractivity (Wildman–Crippen MR) is 80.2 cm³/mol. The number of halogens is 4. The first kappa shape index (κ1) is 17.2. The molecular weight excluding hydrogens is 310 g/mol. The quantitative estimate of drug-likeness (QED) is 0.671. The van der Waals surface area contributed by atoms with E-state index in [0.717, 1.165) is 11.1 Å². The van der Waals surface area contributed by atoms with Gasteiger partial charge in [0.25, 0.3) is 11.9 Å². The van der Waals surface area contributed by atoms with Crippen LogP contribution >= 0.6 is 0 Å². The summed E-state index contributed by atoms with van der Waals surface area (Å²) in [4.78, 5) is 4.36. The fourth-order valence-electron chi connectivity index (χ4n) is 2.23. The Morgan fingerprint density at radius 3 is 2.00 bits per heavy atom. The number of hydrogen-bond acceptors (Lipinski definition) is 3. The second-order valence-electron chi connectivity index (χ2n) is 5.47. The van der Waals surface area contributed by atoms with Crippen LogP contribution < -0.4 is 5.32 Å². The summed E-state index contributed by atoms with van der Waals surface area (Å²) in [7, 11) is 3.60. The number of hydrogen-bond donors (Lipinski definition) is 1. The van der Waals surface area contributed by atoms with Crippen LogP contribution in [0.15, 0.2) is 24.3 Å². The van der Waals surface area contributed by atoms with Gasteiger partial charge in [-0.2, -0.15) is 22.5 Å². The van der Waals surface area contributed by atoms with Gasteiger partial charge in [0.05, 0.1) is 6.04 Å². The normalized spacial score (nSPS) is 12.5. The van der Waals surface area contributed by atoms with E-state index in [2.05, 4.69) is 10.3 Å². The van der Waals surface area contributed by atoms with Crippen LogP contribution in [0.1, 0.15) is 17.2 Å². The molecule has 0 fully saturated rings. The van der Waals surface area contributed by atoms with Crippen molar-refractivity contribution >= 4 is 5.69 Å². The van der Waals surface area contributed by atoms with Gasteiger partial charge in [-0.15, -0.1) is 0 Å². The summed E-state index contributed by atoms with van der Waals surface area (Å²) in [6, 6.07) is 7.37. The maximum Gasteiger partial charge on any atom is 0.253 e. The molecule has 1 unspecified atom stereocenters. The van der Waals surface area contributed by atoms with Gasteiger partial charge in [-0.3, -0.25) is 0 Å². The molecule has 2 aromatic rings. The Balaban J connectivity index is 2.25. The maximum atomic E-state index is 13.6. The van der Waals surface area contributed by atoms with Gasteiger partial charge in [-0.05, 0) is 26.6 Å². The second kappa shape index (κ2) is 6.95. The van der Waals surface area contributed by atoms with Crippen molar-refractivity contribution in [1.29, 1.82) is 0 Å². The van der Waals surface area contributed by atoms with E-state index in [-0.39, 0.29) is 12.6 Å². The van der Waals surface area contributed by atoms with Crippen LogP contribution in [0.2, 0.25) is 0 Å². The second-order valence-corrected chi connectivity index (χ2v) is 5.47. The minimum absolute atomic E-state index is 0.0623. The largest absolute Gasteiger partial charge is 0.378 e. The molecule has 0 aliphatic carbocycles. The lowest BCUT2D eigenvalue weighted by molar-refractivity contribution is 0.310. The van der Waals surface area contributed by atoms with Crippen LogP contribution in [0.25, 0.3) is 0 Å². The Labute approximate surface area is 132 Å². The summed E-state index contributed by atoms with van der Waals surface area (Å²) >= 11 is 0. The SMILES string of the molecule is Cc1ccc(C(CNc2c(F)c(F)nc(F)c2F)N(C)C)cc1. The van der Waals surface area contributed by atoms with Gasteiger partial charge in [0.1, 0.15) is 5.69 Å². The van der Waals surface area contributed by atoms with Crippen molar-refractivity contribution in [2.45, 2.75) is 13.0 Å². The Hall–Kier alpha value is -2.15. The fourth-order valence-corrected chi connectivity index (χ4v) is 2.23. The number of pyridine rings is 1. The maximum absolute atomic E-state index is 13.6. The molecule has 23 heavy (non-hydrogen) atoms. The lowest BCUT2D eigenvalue weighted by Crippen LogP contribution is -2.27. The molecular formula is C16H17F4N3. The Morgan fingerprint density at radius 2 is 1.52 bits per heavy atom.